The zero-order valence-corrected chi connectivity index (χ0v) is 18.4. The van der Waals surface area contributed by atoms with Crippen LogP contribution in [0.5, 0.6) is 0 Å². The van der Waals surface area contributed by atoms with Crippen LogP contribution in [-0.2, 0) is 21.2 Å². The summed E-state index contributed by atoms with van der Waals surface area (Å²) in [4.78, 5) is 16.9. The molecule has 1 amide bonds. The maximum absolute atomic E-state index is 13.1. The van der Waals surface area contributed by atoms with Gasteiger partial charge in [-0.2, -0.15) is 4.31 Å². The SMILES string of the molecule is O=C(/C=C/c1cccc(S(=O)(=O)N2CCN(CCc3c[nH]c4ccccc34)CC2)c1)NO. The molecule has 0 aliphatic carbocycles. The van der Waals surface area contributed by atoms with Crippen molar-refractivity contribution < 1.29 is 18.4 Å². The lowest BCUT2D eigenvalue weighted by Crippen LogP contribution is -2.49. The minimum absolute atomic E-state index is 0.191. The number of nitrogens with zero attached hydrogens (tertiary/aromatic N) is 2. The van der Waals surface area contributed by atoms with Gasteiger partial charge in [0.15, 0.2) is 0 Å². The molecule has 32 heavy (non-hydrogen) atoms. The highest BCUT2D eigenvalue weighted by molar-refractivity contribution is 7.89. The number of benzene rings is 2. The van der Waals surface area contributed by atoms with E-state index in [9.17, 15) is 13.2 Å². The van der Waals surface area contributed by atoms with Crippen molar-refractivity contribution in [3.63, 3.8) is 0 Å². The topological polar surface area (TPSA) is 106 Å². The van der Waals surface area contributed by atoms with Crippen molar-refractivity contribution in [1.82, 2.24) is 19.7 Å². The van der Waals surface area contributed by atoms with E-state index in [4.69, 9.17) is 5.21 Å². The summed E-state index contributed by atoms with van der Waals surface area (Å²) >= 11 is 0. The van der Waals surface area contributed by atoms with Crippen LogP contribution < -0.4 is 5.48 Å². The Labute approximate surface area is 187 Å². The average molecular weight is 455 g/mol. The summed E-state index contributed by atoms with van der Waals surface area (Å²) in [6, 6.07) is 14.7. The maximum atomic E-state index is 13.1. The normalized spacial score (nSPS) is 16.0. The van der Waals surface area contributed by atoms with Gasteiger partial charge in [0.2, 0.25) is 10.0 Å². The molecule has 0 spiro atoms. The van der Waals surface area contributed by atoms with E-state index in [0.29, 0.717) is 31.7 Å². The predicted octanol–water partition coefficient (Wildman–Crippen LogP) is 2.24. The number of fused-ring (bicyclic) bond motifs is 1. The second-order valence-electron chi connectivity index (χ2n) is 7.74. The van der Waals surface area contributed by atoms with Gasteiger partial charge in [0.05, 0.1) is 4.90 Å². The number of hydroxylamine groups is 1. The van der Waals surface area contributed by atoms with Gasteiger partial charge < -0.3 is 9.88 Å². The first-order valence-electron chi connectivity index (χ1n) is 10.5. The van der Waals surface area contributed by atoms with Crippen LogP contribution >= 0.6 is 0 Å². The molecule has 2 aromatic carbocycles. The van der Waals surface area contributed by atoms with Gasteiger partial charge in [-0.05, 0) is 41.8 Å². The van der Waals surface area contributed by atoms with Crippen LogP contribution in [0.25, 0.3) is 17.0 Å². The minimum atomic E-state index is -3.62. The van der Waals surface area contributed by atoms with Gasteiger partial charge in [0, 0.05) is 55.9 Å². The van der Waals surface area contributed by atoms with Gasteiger partial charge in [-0.25, -0.2) is 13.9 Å². The number of piperazine rings is 1. The third-order valence-electron chi connectivity index (χ3n) is 5.74. The molecule has 0 atom stereocenters. The molecule has 1 aromatic heterocycles. The average Bonchev–Trinajstić information content (AvgIpc) is 3.25. The quantitative estimate of drug-likeness (QED) is 0.288. The smallest absolute Gasteiger partial charge is 0.267 e. The summed E-state index contributed by atoms with van der Waals surface area (Å²) in [5, 5.41) is 9.80. The van der Waals surface area contributed by atoms with Gasteiger partial charge in [-0.1, -0.05) is 30.3 Å². The summed E-state index contributed by atoms with van der Waals surface area (Å²) in [5.41, 5.74) is 4.47. The first-order valence-corrected chi connectivity index (χ1v) is 11.9. The highest BCUT2D eigenvalue weighted by atomic mass is 32.2. The van der Waals surface area contributed by atoms with Crippen molar-refractivity contribution in [2.45, 2.75) is 11.3 Å². The first kappa shape index (κ1) is 22.2. The summed E-state index contributed by atoms with van der Waals surface area (Å²) in [6.07, 6.45) is 5.55. The Morgan fingerprint density at radius 1 is 1.09 bits per heavy atom. The van der Waals surface area contributed by atoms with E-state index < -0.39 is 15.9 Å². The van der Waals surface area contributed by atoms with Crippen LogP contribution in [0.15, 0.2) is 65.7 Å². The van der Waals surface area contributed by atoms with Crippen LogP contribution in [0.4, 0.5) is 0 Å². The van der Waals surface area contributed by atoms with Gasteiger partial charge in [0.25, 0.3) is 5.91 Å². The third-order valence-corrected chi connectivity index (χ3v) is 7.63. The minimum Gasteiger partial charge on any atom is -0.361 e. The number of hydrogen-bond acceptors (Lipinski definition) is 5. The highest BCUT2D eigenvalue weighted by Gasteiger charge is 2.28. The molecule has 0 radical (unpaired) electrons. The molecule has 1 aliphatic heterocycles. The van der Waals surface area contributed by atoms with Crippen molar-refractivity contribution in [1.29, 1.82) is 0 Å². The molecule has 2 heterocycles. The van der Waals surface area contributed by atoms with Crippen molar-refractivity contribution in [3.8, 4) is 0 Å². The Hall–Kier alpha value is -2.98. The fourth-order valence-corrected chi connectivity index (χ4v) is 5.43. The van der Waals surface area contributed by atoms with Crippen LogP contribution in [0.2, 0.25) is 0 Å². The predicted molar refractivity (Wildman–Crippen MR) is 123 cm³/mol. The number of para-hydroxylation sites is 1. The lowest BCUT2D eigenvalue weighted by molar-refractivity contribution is -0.124. The van der Waals surface area contributed by atoms with Crippen molar-refractivity contribution in [3.05, 3.63) is 71.9 Å². The fourth-order valence-electron chi connectivity index (χ4n) is 3.95. The summed E-state index contributed by atoms with van der Waals surface area (Å²) in [7, 11) is -3.62. The zero-order chi connectivity index (χ0) is 22.6. The van der Waals surface area contributed by atoms with E-state index in [0.717, 1.165) is 24.6 Å². The molecular weight excluding hydrogens is 428 g/mol. The van der Waals surface area contributed by atoms with E-state index in [1.165, 1.54) is 32.9 Å². The van der Waals surface area contributed by atoms with Crippen LogP contribution in [-0.4, -0.2) is 66.4 Å². The fraction of sp³-hybridized carbons (Fsp3) is 0.261. The molecular formula is C23H26N4O4S. The van der Waals surface area contributed by atoms with Crippen LogP contribution in [0.3, 0.4) is 0 Å². The van der Waals surface area contributed by atoms with Gasteiger partial charge in [-0.3, -0.25) is 10.0 Å². The molecule has 0 bridgehead atoms. The number of nitrogens with one attached hydrogen (secondary N) is 2. The molecule has 3 aromatic rings. The van der Waals surface area contributed by atoms with Gasteiger partial charge >= 0.3 is 0 Å². The number of rotatable bonds is 7. The molecule has 8 nitrogen and oxygen atoms in total. The van der Waals surface area contributed by atoms with E-state index in [1.807, 2.05) is 12.1 Å². The van der Waals surface area contributed by atoms with Crippen molar-refractivity contribution >= 4 is 32.9 Å². The monoisotopic (exact) mass is 454 g/mol. The molecule has 1 aliphatic rings. The van der Waals surface area contributed by atoms with Crippen molar-refractivity contribution in [2.75, 3.05) is 32.7 Å². The number of aromatic amines is 1. The molecule has 3 N–H and O–H groups in total. The highest BCUT2D eigenvalue weighted by Crippen LogP contribution is 2.21. The summed E-state index contributed by atoms with van der Waals surface area (Å²) in [5.74, 6) is -0.679. The van der Waals surface area contributed by atoms with E-state index >= 15 is 0 Å². The summed E-state index contributed by atoms with van der Waals surface area (Å²) < 4.78 is 27.7. The second kappa shape index (κ2) is 9.66. The standard InChI is InChI=1S/C23H26N4O4S/c28-23(25-29)9-8-18-4-3-5-20(16-18)32(30,31)27-14-12-26(13-15-27)11-10-19-17-24-22-7-2-1-6-21(19)22/h1-9,16-17,24,29H,10-15H2,(H,25,28)/b9-8+. The number of aromatic nitrogens is 1. The molecule has 9 heteroatoms. The molecule has 0 saturated carbocycles. The Balaban J connectivity index is 1.36. The Bertz CT molecular complexity index is 1230. The Kier molecular flexibility index (Phi) is 6.71. The van der Waals surface area contributed by atoms with E-state index in [-0.39, 0.29) is 4.90 Å². The van der Waals surface area contributed by atoms with Crippen molar-refractivity contribution in [2.24, 2.45) is 0 Å². The molecule has 1 saturated heterocycles. The van der Waals surface area contributed by atoms with Gasteiger partial charge in [0.1, 0.15) is 0 Å². The lowest BCUT2D eigenvalue weighted by atomic mass is 10.1. The molecule has 0 unspecified atom stereocenters. The Morgan fingerprint density at radius 3 is 2.66 bits per heavy atom. The number of H-pyrrole nitrogens is 1. The maximum Gasteiger partial charge on any atom is 0.267 e. The van der Waals surface area contributed by atoms with Crippen LogP contribution in [0, 0.1) is 0 Å². The third kappa shape index (κ3) is 4.91. The zero-order valence-electron chi connectivity index (χ0n) is 17.6. The lowest BCUT2D eigenvalue weighted by Gasteiger charge is -2.34. The number of carbonyl (C=O) groups excluding carboxylic acids is 1. The largest absolute Gasteiger partial charge is 0.361 e. The van der Waals surface area contributed by atoms with Crippen LogP contribution in [0.1, 0.15) is 11.1 Å². The molecule has 1 fully saturated rings. The number of carbonyl (C=O) groups is 1. The van der Waals surface area contributed by atoms with Gasteiger partial charge in [-0.15, -0.1) is 0 Å². The first-order chi connectivity index (χ1) is 15.5. The Morgan fingerprint density at radius 2 is 1.88 bits per heavy atom. The second-order valence-corrected chi connectivity index (χ2v) is 9.68. The molecule has 168 valence electrons. The summed E-state index contributed by atoms with van der Waals surface area (Å²) in [6.45, 7) is 3.10. The number of hydrogen-bond donors (Lipinski definition) is 3. The number of amides is 1. The van der Waals surface area contributed by atoms with E-state index in [1.54, 1.807) is 18.2 Å². The number of sulfonamides is 1. The van der Waals surface area contributed by atoms with E-state index in [2.05, 4.69) is 28.2 Å². The molecule has 4 rings (SSSR count).